The smallest absolute Gasteiger partial charge is 0.262 e. The molecule has 4 nitrogen and oxygen atoms in total. The van der Waals surface area contributed by atoms with Crippen molar-refractivity contribution in [3.05, 3.63) is 54.1 Å². The fraction of sp³-hybridized carbons (Fsp3) is 0.435. The molecular formula is C23H30N2O2. The highest BCUT2D eigenvalue weighted by Gasteiger charge is 2.15. The molecule has 27 heavy (non-hydrogen) atoms. The molecule has 0 spiro atoms. The molecule has 144 valence electrons. The van der Waals surface area contributed by atoms with Crippen LogP contribution < -0.4 is 15.0 Å². The molecule has 1 fully saturated rings. The Morgan fingerprint density at radius 2 is 1.78 bits per heavy atom. The number of benzene rings is 2. The summed E-state index contributed by atoms with van der Waals surface area (Å²) in [4.78, 5) is 14.7. The van der Waals surface area contributed by atoms with E-state index in [1.165, 1.54) is 24.8 Å². The number of nitrogens with one attached hydrogen (secondary N) is 1. The van der Waals surface area contributed by atoms with Gasteiger partial charge in [0.1, 0.15) is 5.75 Å². The monoisotopic (exact) mass is 366 g/mol. The third-order valence-corrected chi connectivity index (χ3v) is 5.31. The van der Waals surface area contributed by atoms with Crippen LogP contribution in [-0.4, -0.2) is 25.6 Å². The van der Waals surface area contributed by atoms with Gasteiger partial charge in [-0.05, 0) is 61.4 Å². The fourth-order valence-electron chi connectivity index (χ4n) is 3.45. The van der Waals surface area contributed by atoms with E-state index in [1.807, 2.05) is 30.3 Å². The Hall–Kier alpha value is -2.49. The number of amides is 1. The van der Waals surface area contributed by atoms with Crippen LogP contribution in [0.1, 0.15) is 51.0 Å². The lowest BCUT2D eigenvalue weighted by atomic mass is 9.99. The normalized spacial score (nSPS) is 15.3. The molecule has 1 heterocycles. The van der Waals surface area contributed by atoms with E-state index >= 15 is 0 Å². The highest BCUT2D eigenvalue weighted by Crippen LogP contribution is 2.28. The predicted octanol–water partition coefficient (Wildman–Crippen LogP) is 5.21. The van der Waals surface area contributed by atoms with E-state index in [1.54, 1.807) is 0 Å². The van der Waals surface area contributed by atoms with E-state index < -0.39 is 0 Å². The van der Waals surface area contributed by atoms with E-state index in [-0.39, 0.29) is 12.5 Å². The van der Waals surface area contributed by atoms with Crippen molar-refractivity contribution >= 4 is 17.3 Å². The number of carbonyl (C=O) groups is 1. The van der Waals surface area contributed by atoms with Gasteiger partial charge in [-0.2, -0.15) is 0 Å². The highest BCUT2D eigenvalue weighted by molar-refractivity contribution is 5.95. The molecule has 0 saturated carbocycles. The second kappa shape index (κ2) is 9.45. The van der Waals surface area contributed by atoms with Crippen LogP contribution in [0, 0.1) is 0 Å². The van der Waals surface area contributed by atoms with Gasteiger partial charge in [0.25, 0.3) is 5.91 Å². The first-order valence-corrected chi connectivity index (χ1v) is 10.0. The fourth-order valence-corrected chi connectivity index (χ4v) is 3.45. The third kappa shape index (κ3) is 5.25. The standard InChI is InChI=1S/C23H30N2O2/c1-3-18(2)19-11-13-20(14-12-19)27-17-23(26)24-21-9-5-6-10-22(21)25-15-7-4-8-16-25/h5-6,9-14,18H,3-4,7-8,15-17H2,1-2H3,(H,24,26)/t18-/m1/s1. The zero-order valence-electron chi connectivity index (χ0n) is 16.4. The second-order valence-corrected chi connectivity index (χ2v) is 7.28. The van der Waals surface area contributed by atoms with E-state index in [2.05, 4.69) is 42.3 Å². The summed E-state index contributed by atoms with van der Waals surface area (Å²) in [5.74, 6) is 1.13. The minimum atomic E-state index is -0.134. The summed E-state index contributed by atoms with van der Waals surface area (Å²) in [6.45, 7) is 6.50. The Balaban J connectivity index is 1.56. The molecule has 1 N–H and O–H groups in total. The van der Waals surface area contributed by atoms with E-state index in [0.717, 1.165) is 36.6 Å². The number of hydrogen-bond donors (Lipinski definition) is 1. The van der Waals surface area contributed by atoms with Crippen molar-refractivity contribution in [1.82, 2.24) is 0 Å². The molecule has 0 aliphatic carbocycles. The van der Waals surface area contributed by atoms with Crippen LogP contribution in [0.5, 0.6) is 5.75 Å². The zero-order valence-corrected chi connectivity index (χ0v) is 16.4. The minimum Gasteiger partial charge on any atom is -0.484 e. The average molecular weight is 367 g/mol. The quantitative estimate of drug-likeness (QED) is 0.731. The number of hydrogen-bond acceptors (Lipinski definition) is 3. The lowest BCUT2D eigenvalue weighted by Gasteiger charge is -2.30. The van der Waals surface area contributed by atoms with Crippen LogP contribution in [0.15, 0.2) is 48.5 Å². The Bertz CT molecular complexity index is 736. The molecule has 0 unspecified atom stereocenters. The summed E-state index contributed by atoms with van der Waals surface area (Å²) in [6, 6.07) is 16.1. The predicted molar refractivity (Wildman–Crippen MR) is 112 cm³/mol. The van der Waals surface area contributed by atoms with Crippen LogP contribution in [0.3, 0.4) is 0 Å². The first kappa shape index (κ1) is 19.3. The molecule has 1 amide bonds. The molecule has 4 heteroatoms. The molecule has 1 saturated heterocycles. The second-order valence-electron chi connectivity index (χ2n) is 7.28. The van der Waals surface area contributed by atoms with Crippen molar-refractivity contribution in [2.45, 2.75) is 45.4 Å². The summed E-state index contributed by atoms with van der Waals surface area (Å²) in [7, 11) is 0. The first-order chi connectivity index (χ1) is 13.2. The number of rotatable bonds is 7. The maximum absolute atomic E-state index is 12.4. The molecule has 2 aromatic rings. The van der Waals surface area contributed by atoms with Crippen molar-refractivity contribution in [1.29, 1.82) is 0 Å². The molecular weight excluding hydrogens is 336 g/mol. The Labute approximate surface area is 162 Å². The molecule has 0 aromatic heterocycles. The van der Waals surface area contributed by atoms with Gasteiger partial charge in [-0.25, -0.2) is 0 Å². The molecule has 3 rings (SSSR count). The van der Waals surface area contributed by atoms with Crippen molar-refractivity contribution < 1.29 is 9.53 Å². The lowest BCUT2D eigenvalue weighted by Crippen LogP contribution is -2.30. The van der Waals surface area contributed by atoms with Crippen LogP contribution >= 0.6 is 0 Å². The molecule has 2 aromatic carbocycles. The van der Waals surface area contributed by atoms with Gasteiger partial charge in [-0.3, -0.25) is 4.79 Å². The number of para-hydroxylation sites is 2. The summed E-state index contributed by atoms with van der Waals surface area (Å²) in [6.07, 6.45) is 4.81. The SMILES string of the molecule is CC[C@@H](C)c1ccc(OCC(=O)Nc2ccccc2N2CCCCC2)cc1. The number of nitrogens with zero attached hydrogens (tertiary/aromatic N) is 1. The third-order valence-electron chi connectivity index (χ3n) is 5.31. The summed E-state index contributed by atoms with van der Waals surface area (Å²) in [5.41, 5.74) is 3.26. The number of anilines is 2. The Morgan fingerprint density at radius 3 is 2.48 bits per heavy atom. The number of ether oxygens (including phenoxy) is 1. The van der Waals surface area contributed by atoms with Gasteiger partial charge in [0.05, 0.1) is 11.4 Å². The van der Waals surface area contributed by atoms with Gasteiger partial charge in [0, 0.05) is 13.1 Å². The lowest BCUT2D eigenvalue weighted by molar-refractivity contribution is -0.118. The molecule has 1 atom stereocenters. The zero-order chi connectivity index (χ0) is 19.1. The van der Waals surface area contributed by atoms with E-state index in [9.17, 15) is 4.79 Å². The van der Waals surface area contributed by atoms with Crippen molar-refractivity contribution in [2.24, 2.45) is 0 Å². The number of piperidine rings is 1. The summed E-state index contributed by atoms with van der Waals surface area (Å²) < 4.78 is 5.67. The summed E-state index contributed by atoms with van der Waals surface area (Å²) >= 11 is 0. The van der Waals surface area contributed by atoms with Gasteiger partial charge in [0.2, 0.25) is 0 Å². The minimum absolute atomic E-state index is 0.0109. The summed E-state index contributed by atoms with van der Waals surface area (Å²) in [5, 5.41) is 3.01. The van der Waals surface area contributed by atoms with Crippen molar-refractivity contribution in [3.63, 3.8) is 0 Å². The topological polar surface area (TPSA) is 41.6 Å². The largest absolute Gasteiger partial charge is 0.484 e. The van der Waals surface area contributed by atoms with Gasteiger partial charge in [0.15, 0.2) is 6.61 Å². The van der Waals surface area contributed by atoms with Gasteiger partial charge < -0.3 is 15.0 Å². The molecule has 1 aliphatic heterocycles. The molecule has 0 radical (unpaired) electrons. The van der Waals surface area contributed by atoms with Crippen LogP contribution in [0.25, 0.3) is 0 Å². The molecule has 1 aliphatic rings. The van der Waals surface area contributed by atoms with Gasteiger partial charge in [-0.15, -0.1) is 0 Å². The highest BCUT2D eigenvalue weighted by atomic mass is 16.5. The maximum atomic E-state index is 12.4. The van der Waals surface area contributed by atoms with Crippen molar-refractivity contribution in [2.75, 3.05) is 29.9 Å². The van der Waals surface area contributed by atoms with E-state index in [0.29, 0.717) is 5.92 Å². The average Bonchev–Trinajstić information content (AvgIpc) is 2.73. The van der Waals surface area contributed by atoms with Crippen LogP contribution in [0.4, 0.5) is 11.4 Å². The Kier molecular flexibility index (Phi) is 6.74. The molecule has 0 bridgehead atoms. The maximum Gasteiger partial charge on any atom is 0.262 e. The first-order valence-electron chi connectivity index (χ1n) is 10.0. The van der Waals surface area contributed by atoms with Crippen molar-refractivity contribution in [3.8, 4) is 5.75 Å². The van der Waals surface area contributed by atoms with Gasteiger partial charge >= 0.3 is 0 Å². The van der Waals surface area contributed by atoms with E-state index in [4.69, 9.17) is 4.74 Å². The number of carbonyl (C=O) groups excluding carboxylic acids is 1. The van der Waals surface area contributed by atoms with Crippen LogP contribution in [-0.2, 0) is 4.79 Å². The van der Waals surface area contributed by atoms with Crippen LogP contribution in [0.2, 0.25) is 0 Å². The Morgan fingerprint density at radius 1 is 1.07 bits per heavy atom. The van der Waals surface area contributed by atoms with Gasteiger partial charge in [-0.1, -0.05) is 38.1 Å².